The molecule has 0 spiro atoms. The molecule has 0 aliphatic carbocycles. The molecule has 1 aliphatic heterocycles. The summed E-state index contributed by atoms with van der Waals surface area (Å²) in [6, 6.07) is 0.651. The molecule has 2 heterocycles. The number of H-pyrrole nitrogens is 1. The molecule has 1 aromatic rings. The van der Waals surface area contributed by atoms with Gasteiger partial charge in [0.05, 0.1) is 0 Å². The molecule has 2 N–H and O–H groups in total. The Morgan fingerprint density at radius 1 is 1.47 bits per heavy atom. The van der Waals surface area contributed by atoms with Crippen LogP contribution in [0.15, 0.2) is 6.20 Å². The average molecular weight is 207 g/mol. The normalized spacial score (nSPS) is 22.2. The summed E-state index contributed by atoms with van der Waals surface area (Å²) < 4.78 is 0. The highest BCUT2D eigenvalue weighted by molar-refractivity contribution is 5.10. The van der Waals surface area contributed by atoms with Crippen LogP contribution in [0, 0.1) is 0 Å². The third kappa shape index (κ3) is 2.59. The van der Waals surface area contributed by atoms with Gasteiger partial charge in [-0.2, -0.15) is 0 Å². The molecule has 3 nitrogen and oxygen atoms in total. The van der Waals surface area contributed by atoms with E-state index in [-0.39, 0.29) is 5.41 Å². The maximum Gasteiger partial charge on any atom is 0.111 e. The minimum absolute atomic E-state index is 0.126. The number of aromatic amines is 1. The van der Waals surface area contributed by atoms with Crippen molar-refractivity contribution >= 4 is 0 Å². The molecule has 1 unspecified atom stereocenters. The number of nitrogens with zero attached hydrogens (tertiary/aromatic N) is 1. The van der Waals surface area contributed by atoms with Crippen molar-refractivity contribution in [1.82, 2.24) is 15.3 Å². The zero-order valence-electron chi connectivity index (χ0n) is 9.93. The van der Waals surface area contributed by atoms with Crippen molar-refractivity contribution in [3.8, 4) is 0 Å². The standard InChI is InChI=1S/C12H21N3/c1-12(2,3)11-14-8-10(15-11)7-9-5-4-6-13-9/h8-9,13H,4-7H2,1-3H3,(H,14,15). The third-order valence-electron chi connectivity index (χ3n) is 2.97. The van der Waals surface area contributed by atoms with Gasteiger partial charge in [-0.05, 0) is 19.4 Å². The Labute approximate surface area is 91.7 Å². The zero-order valence-corrected chi connectivity index (χ0v) is 9.93. The van der Waals surface area contributed by atoms with Gasteiger partial charge < -0.3 is 10.3 Å². The monoisotopic (exact) mass is 207 g/mol. The lowest BCUT2D eigenvalue weighted by molar-refractivity contribution is 0.547. The summed E-state index contributed by atoms with van der Waals surface area (Å²) in [6.45, 7) is 7.72. The van der Waals surface area contributed by atoms with E-state index in [9.17, 15) is 0 Å². The minimum Gasteiger partial charge on any atom is -0.345 e. The van der Waals surface area contributed by atoms with Crippen LogP contribution in [0.3, 0.4) is 0 Å². The van der Waals surface area contributed by atoms with Gasteiger partial charge in [0, 0.05) is 29.8 Å². The smallest absolute Gasteiger partial charge is 0.111 e. The van der Waals surface area contributed by atoms with Gasteiger partial charge in [0.25, 0.3) is 0 Å². The fourth-order valence-corrected chi connectivity index (χ4v) is 2.04. The van der Waals surface area contributed by atoms with Crippen LogP contribution in [0.4, 0.5) is 0 Å². The molecule has 1 aromatic heterocycles. The van der Waals surface area contributed by atoms with Gasteiger partial charge in [-0.1, -0.05) is 20.8 Å². The van der Waals surface area contributed by atoms with E-state index < -0.39 is 0 Å². The quantitative estimate of drug-likeness (QED) is 0.778. The highest BCUT2D eigenvalue weighted by Crippen LogP contribution is 2.19. The van der Waals surface area contributed by atoms with Crippen molar-refractivity contribution in [2.45, 2.75) is 51.5 Å². The van der Waals surface area contributed by atoms with Crippen LogP contribution >= 0.6 is 0 Å². The summed E-state index contributed by atoms with van der Waals surface area (Å²) in [5.74, 6) is 1.09. The first kappa shape index (κ1) is 10.7. The molecule has 15 heavy (non-hydrogen) atoms. The second-order valence-electron chi connectivity index (χ2n) is 5.50. The van der Waals surface area contributed by atoms with E-state index in [4.69, 9.17) is 0 Å². The van der Waals surface area contributed by atoms with E-state index in [0.717, 1.165) is 12.2 Å². The summed E-state index contributed by atoms with van der Waals surface area (Å²) in [6.07, 6.45) is 5.68. The Morgan fingerprint density at radius 2 is 2.27 bits per heavy atom. The summed E-state index contributed by atoms with van der Waals surface area (Å²) in [7, 11) is 0. The first-order valence-corrected chi connectivity index (χ1v) is 5.83. The second kappa shape index (κ2) is 3.97. The molecule has 0 saturated carbocycles. The van der Waals surface area contributed by atoms with Crippen molar-refractivity contribution in [3.05, 3.63) is 17.7 Å². The van der Waals surface area contributed by atoms with E-state index in [2.05, 4.69) is 36.1 Å². The van der Waals surface area contributed by atoms with Crippen LogP contribution in [0.1, 0.15) is 45.1 Å². The largest absolute Gasteiger partial charge is 0.345 e. The van der Waals surface area contributed by atoms with Gasteiger partial charge in [-0.15, -0.1) is 0 Å². The Kier molecular flexibility index (Phi) is 2.83. The highest BCUT2D eigenvalue weighted by atomic mass is 15.0. The fourth-order valence-electron chi connectivity index (χ4n) is 2.04. The zero-order chi connectivity index (χ0) is 10.9. The fraction of sp³-hybridized carbons (Fsp3) is 0.750. The number of hydrogen-bond acceptors (Lipinski definition) is 2. The molecule has 0 bridgehead atoms. The maximum atomic E-state index is 4.45. The number of aromatic nitrogens is 2. The van der Waals surface area contributed by atoms with Crippen molar-refractivity contribution in [1.29, 1.82) is 0 Å². The minimum atomic E-state index is 0.126. The molecule has 0 amide bonds. The molecule has 0 radical (unpaired) electrons. The average Bonchev–Trinajstić information content (AvgIpc) is 2.73. The van der Waals surface area contributed by atoms with Crippen LogP contribution < -0.4 is 5.32 Å². The molecule has 1 aliphatic rings. The van der Waals surface area contributed by atoms with Crippen LogP contribution in [0.5, 0.6) is 0 Å². The van der Waals surface area contributed by atoms with Crippen molar-refractivity contribution in [2.24, 2.45) is 0 Å². The van der Waals surface area contributed by atoms with E-state index in [1.165, 1.54) is 25.1 Å². The summed E-state index contributed by atoms with van der Waals surface area (Å²) in [5.41, 5.74) is 1.39. The van der Waals surface area contributed by atoms with Crippen molar-refractivity contribution in [2.75, 3.05) is 6.54 Å². The van der Waals surface area contributed by atoms with Gasteiger partial charge in [0.2, 0.25) is 0 Å². The first-order valence-electron chi connectivity index (χ1n) is 5.83. The SMILES string of the molecule is CC(C)(C)c1ncc(CC2CCCN2)[nH]1. The van der Waals surface area contributed by atoms with Crippen molar-refractivity contribution in [3.63, 3.8) is 0 Å². The van der Waals surface area contributed by atoms with Crippen LogP contribution in [0.25, 0.3) is 0 Å². The Hall–Kier alpha value is -0.830. The molecular weight excluding hydrogens is 186 g/mol. The first-order chi connectivity index (χ1) is 7.05. The number of imidazole rings is 1. The molecule has 2 rings (SSSR count). The molecule has 1 fully saturated rings. The molecule has 1 saturated heterocycles. The van der Waals surface area contributed by atoms with Gasteiger partial charge in [0.15, 0.2) is 0 Å². The van der Waals surface area contributed by atoms with Crippen LogP contribution in [-0.4, -0.2) is 22.6 Å². The molecular formula is C12H21N3. The van der Waals surface area contributed by atoms with E-state index in [1.807, 2.05) is 6.20 Å². The lowest BCUT2D eigenvalue weighted by Gasteiger charge is -2.14. The van der Waals surface area contributed by atoms with Gasteiger partial charge in [-0.3, -0.25) is 0 Å². The third-order valence-corrected chi connectivity index (χ3v) is 2.97. The number of hydrogen-bond donors (Lipinski definition) is 2. The van der Waals surface area contributed by atoms with Crippen LogP contribution in [-0.2, 0) is 11.8 Å². The van der Waals surface area contributed by atoms with E-state index in [1.54, 1.807) is 0 Å². The highest BCUT2D eigenvalue weighted by Gasteiger charge is 2.19. The molecule has 0 aromatic carbocycles. The maximum absolute atomic E-state index is 4.45. The molecule has 3 heteroatoms. The van der Waals surface area contributed by atoms with Gasteiger partial charge in [-0.25, -0.2) is 4.98 Å². The number of rotatable bonds is 2. The van der Waals surface area contributed by atoms with Gasteiger partial charge in [0.1, 0.15) is 5.82 Å². The second-order valence-corrected chi connectivity index (χ2v) is 5.50. The summed E-state index contributed by atoms with van der Waals surface area (Å²) in [4.78, 5) is 7.88. The Balaban J connectivity index is 2.00. The lowest BCUT2D eigenvalue weighted by Crippen LogP contribution is -2.23. The molecule has 1 atom stereocenters. The predicted molar refractivity (Wildman–Crippen MR) is 62.0 cm³/mol. The summed E-state index contributed by atoms with van der Waals surface area (Å²) >= 11 is 0. The Morgan fingerprint density at radius 3 is 2.80 bits per heavy atom. The van der Waals surface area contributed by atoms with E-state index in [0.29, 0.717) is 6.04 Å². The van der Waals surface area contributed by atoms with Crippen LogP contribution in [0.2, 0.25) is 0 Å². The lowest BCUT2D eigenvalue weighted by atomic mass is 9.96. The van der Waals surface area contributed by atoms with Crippen molar-refractivity contribution < 1.29 is 0 Å². The van der Waals surface area contributed by atoms with E-state index >= 15 is 0 Å². The topological polar surface area (TPSA) is 40.7 Å². The Bertz CT molecular complexity index is 316. The number of nitrogens with one attached hydrogen (secondary N) is 2. The predicted octanol–water partition coefficient (Wildman–Crippen LogP) is 2.00. The molecule has 84 valence electrons. The van der Waals surface area contributed by atoms with Gasteiger partial charge >= 0.3 is 0 Å². The summed E-state index contributed by atoms with van der Waals surface area (Å²) in [5, 5.41) is 3.51.